The fraction of sp³-hybridized carbons (Fsp3) is 0.417. The molecular weight excluding hydrogens is 238 g/mol. The zero-order valence-electron chi connectivity index (χ0n) is 10.4. The van der Waals surface area contributed by atoms with Crippen molar-refractivity contribution in [2.75, 3.05) is 7.05 Å². The summed E-state index contributed by atoms with van der Waals surface area (Å²) in [7, 11) is 1.90. The van der Waals surface area contributed by atoms with Crippen LogP contribution >= 0.6 is 12.4 Å². The Hall–Kier alpha value is -1.10. The van der Waals surface area contributed by atoms with E-state index in [1.807, 2.05) is 19.2 Å². The van der Waals surface area contributed by atoms with Gasteiger partial charge in [0.2, 0.25) is 5.91 Å². The number of nitrogens with two attached hydrogens (primary N) is 1. The number of nitrogens with zero attached hydrogens (tertiary/aromatic N) is 1. The van der Waals surface area contributed by atoms with Crippen LogP contribution in [0.25, 0.3) is 0 Å². The van der Waals surface area contributed by atoms with Gasteiger partial charge < -0.3 is 5.73 Å². The van der Waals surface area contributed by atoms with Crippen LogP contribution in [0.4, 0.5) is 0 Å². The van der Waals surface area contributed by atoms with E-state index in [1.54, 1.807) is 12.1 Å². The Balaban J connectivity index is 0.00000256. The van der Waals surface area contributed by atoms with Gasteiger partial charge in [0.1, 0.15) is 0 Å². The van der Waals surface area contributed by atoms with E-state index in [0.717, 1.165) is 12.1 Å². The maximum absolute atomic E-state index is 10.9. The first kappa shape index (κ1) is 15.9. The summed E-state index contributed by atoms with van der Waals surface area (Å²) < 4.78 is 0. The van der Waals surface area contributed by atoms with Crippen LogP contribution in [0.1, 0.15) is 29.8 Å². The van der Waals surface area contributed by atoms with Gasteiger partial charge in [0.05, 0.1) is 0 Å². The molecule has 5 heteroatoms. The molecule has 0 saturated carbocycles. The molecule has 0 unspecified atom stereocenters. The predicted molar refractivity (Wildman–Crippen MR) is 71.9 cm³/mol. The van der Waals surface area contributed by atoms with Gasteiger partial charge in [-0.2, -0.15) is 0 Å². The molecule has 0 aliphatic carbocycles. The molecule has 96 valence electrons. The molecule has 0 aromatic heterocycles. The SMILES string of the molecule is CNN(Cc1ccc(C(N)=O)cc1)C(C)C.Cl. The molecule has 0 fully saturated rings. The lowest BCUT2D eigenvalue weighted by Gasteiger charge is -2.25. The number of rotatable bonds is 5. The summed E-state index contributed by atoms with van der Waals surface area (Å²) >= 11 is 0. The van der Waals surface area contributed by atoms with Crippen molar-refractivity contribution in [1.29, 1.82) is 0 Å². The van der Waals surface area contributed by atoms with Gasteiger partial charge in [-0.25, -0.2) is 5.01 Å². The van der Waals surface area contributed by atoms with Gasteiger partial charge in [-0.3, -0.25) is 10.2 Å². The number of hydrazine groups is 1. The van der Waals surface area contributed by atoms with Crippen LogP contribution in [0.5, 0.6) is 0 Å². The molecule has 1 rings (SSSR count). The number of hydrogen-bond acceptors (Lipinski definition) is 3. The summed E-state index contributed by atoms with van der Waals surface area (Å²) in [5.41, 5.74) is 10.00. The second-order valence-electron chi connectivity index (χ2n) is 4.01. The van der Waals surface area contributed by atoms with E-state index in [9.17, 15) is 4.79 Å². The summed E-state index contributed by atoms with van der Waals surface area (Å²) in [5.74, 6) is -0.388. The molecule has 1 aromatic carbocycles. The quantitative estimate of drug-likeness (QED) is 0.787. The second-order valence-corrected chi connectivity index (χ2v) is 4.01. The lowest BCUT2D eigenvalue weighted by Crippen LogP contribution is -2.39. The molecule has 0 bridgehead atoms. The maximum atomic E-state index is 10.9. The lowest BCUT2D eigenvalue weighted by atomic mass is 10.1. The molecule has 17 heavy (non-hydrogen) atoms. The zero-order valence-corrected chi connectivity index (χ0v) is 11.3. The van der Waals surface area contributed by atoms with Gasteiger partial charge in [0, 0.05) is 18.2 Å². The van der Waals surface area contributed by atoms with E-state index >= 15 is 0 Å². The number of hydrogen-bond donors (Lipinski definition) is 2. The molecule has 0 saturated heterocycles. The van der Waals surface area contributed by atoms with Gasteiger partial charge >= 0.3 is 0 Å². The molecular formula is C12H20ClN3O. The molecule has 0 aliphatic heterocycles. The van der Waals surface area contributed by atoms with Crippen molar-refractivity contribution < 1.29 is 4.79 Å². The Morgan fingerprint density at radius 2 is 1.88 bits per heavy atom. The normalized spacial score (nSPS) is 10.4. The average Bonchev–Trinajstić information content (AvgIpc) is 2.26. The third kappa shape index (κ3) is 4.73. The third-order valence-corrected chi connectivity index (χ3v) is 2.50. The minimum atomic E-state index is -0.388. The van der Waals surface area contributed by atoms with E-state index in [0.29, 0.717) is 11.6 Å². The Morgan fingerprint density at radius 3 is 2.24 bits per heavy atom. The van der Waals surface area contributed by atoms with Crippen LogP contribution in [0.2, 0.25) is 0 Å². The van der Waals surface area contributed by atoms with Crippen molar-refractivity contribution in [2.45, 2.75) is 26.4 Å². The first-order chi connectivity index (χ1) is 7.54. The Labute approximate surface area is 109 Å². The monoisotopic (exact) mass is 257 g/mol. The molecule has 1 amide bonds. The molecule has 0 aliphatic rings. The van der Waals surface area contributed by atoms with E-state index in [1.165, 1.54) is 0 Å². The predicted octanol–water partition coefficient (Wildman–Crippen LogP) is 1.55. The lowest BCUT2D eigenvalue weighted by molar-refractivity contribution is 0.1000. The Bertz CT molecular complexity index is 351. The highest BCUT2D eigenvalue weighted by Gasteiger charge is 2.07. The maximum Gasteiger partial charge on any atom is 0.248 e. The number of amides is 1. The van der Waals surface area contributed by atoms with Crippen molar-refractivity contribution in [3.8, 4) is 0 Å². The molecule has 4 nitrogen and oxygen atoms in total. The van der Waals surface area contributed by atoms with Crippen molar-refractivity contribution in [1.82, 2.24) is 10.4 Å². The van der Waals surface area contributed by atoms with Crippen LogP contribution in [0, 0.1) is 0 Å². The second kappa shape index (κ2) is 7.27. The first-order valence-corrected chi connectivity index (χ1v) is 5.37. The number of carbonyl (C=O) groups is 1. The number of carbonyl (C=O) groups excluding carboxylic acids is 1. The summed E-state index contributed by atoms with van der Waals surface area (Å²) in [6.45, 7) is 5.04. The summed E-state index contributed by atoms with van der Waals surface area (Å²) in [6, 6.07) is 7.78. The molecule has 0 radical (unpaired) electrons. The minimum Gasteiger partial charge on any atom is -0.366 e. The average molecular weight is 258 g/mol. The van der Waals surface area contributed by atoms with Gasteiger partial charge in [0.15, 0.2) is 0 Å². The number of nitrogens with one attached hydrogen (secondary N) is 1. The fourth-order valence-electron chi connectivity index (χ4n) is 1.49. The Kier molecular flexibility index (Phi) is 6.80. The summed E-state index contributed by atoms with van der Waals surface area (Å²) in [5, 5.41) is 2.11. The van der Waals surface area contributed by atoms with E-state index < -0.39 is 0 Å². The number of halogens is 1. The summed E-state index contributed by atoms with van der Waals surface area (Å²) in [4.78, 5) is 10.9. The van der Waals surface area contributed by atoms with Crippen molar-refractivity contribution in [3.05, 3.63) is 35.4 Å². The molecule has 0 heterocycles. The Morgan fingerprint density at radius 1 is 1.35 bits per heavy atom. The topological polar surface area (TPSA) is 58.4 Å². The molecule has 0 atom stereocenters. The molecule has 0 spiro atoms. The highest BCUT2D eigenvalue weighted by atomic mass is 35.5. The van der Waals surface area contributed by atoms with Gasteiger partial charge in [-0.15, -0.1) is 12.4 Å². The molecule has 3 N–H and O–H groups in total. The van der Waals surface area contributed by atoms with Crippen molar-refractivity contribution >= 4 is 18.3 Å². The van der Waals surface area contributed by atoms with Crippen LogP contribution in [0.15, 0.2) is 24.3 Å². The molecule has 1 aromatic rings. The highest BCUT2D eigenvalue weighted by Crippen LogP contribution is 2.07. The fourth-order valence-corrected chi connectivity index (χ4v) is 1.49. The van der Waals surface area contributed by atoms with E-state index in [-0.39, 0.29) is 18.3 Å². The number of benzene rings is 1. The van der Waals surface area contributed by atoms with Crippen LogP contribution in [-0.4, -0.2) is 24.0 Å². The zero-order chi connectivity index (χ0) is 12.1. The first-order valence-electron chi connectivity index (χ1n) is 5.37. The van der Waals surface area contributed by atoms with Crippen molar-refractivity contribution in [2.24, 2.45) is 5.73 Å². The van der Waals surface area contributed by atoms with Crippen LogP contribution in [-0.2, 0) is 6.54 Å². The number of primary amides is 1. The van der Waals surface area contributed by atoms with Gasteiger partial charge in [-0.05, 0) is 38.6 Å². The van der Waals surface area contributed by atoms with E-state index in [4.69, 9.17) is 5.73 Å². The third-order valence-electron chi connectivity index (χ3n) is 2.50. The van der Waals surface area contributed by atoms with Crippen LogP contribution < -0.4 is 11.2 Å². The summed E-state index contributed by atoms with van der Waals surface area (Å²) in [6.07, 6.45) is 0. The minimum absolute atomic E-state index is 0. The van der Waals surface area contributed by atoms with Crippen LogP contribution in [0.3, 0.4) is 0 Å². The van der Waals surface area contributed by atoms with E-state index in [2.05, 4.69) is 24.3 Å². The van der Waals surface area contributed by atoms with Gasteiger partial charge in [0.25, 0.3) is 0 Å². The standard InChI is InChI=1S/C12H19N3O.ClH/c1-9(2)15(14-3)8-10-4-6-11(7-5-10)12(13)16;/h4-7,9,14H,8H2,1-3H3,(H2,13,16);1H. The smallest absolute Gasteiger partial charge is 0.248 e. The highest BCUT2D eigenvalue weighted by molar-refractivity contribution is 5.92. The largest absolute Gasteiger partial charge is 0.366 e. The van der Waals surface area contributed by atoms with Crippen molar-refractivity contribution in [3.63, 3.8) is 0 Å². The van der Waals surface area contributed by atoms with Gasteiger partial charge in [-0.1, -0.05) is 12.1 Å².